The highest BCUT2D eigenvalue weighted by Crippen LogP contribution is 2.31. The lowest BCUT2D eigenvalue weighted by Gasteiger charge is -2.20. The molecule has 3 heteroatoms. The van der Waals surface area contributed by atoms with Gasteiger partial charge >= 0.3 is 0 Å². The van der Waals surface area contributed by atoms with Gasteiger partial charge in [-0.2, -0.15) is 0 Å². The molecule has 1 aliphatic heterocycles. The molecule has 1 atom stereocenters. The van der Waals surface area contributed by atoms with Crippen LogP contribution in [0, 0.1) is 0 Å². The van der Waals surface area contributed by atoms with Crippen molar-refractivity contribution in [3.8, 4) is 0 Å². The van der Waals surface area contributed by atoms with Crippen LogP contribution in [0.4, 0.5) is 0 Å². The zero-order valence-electron chi connectivity index (χ0n) is 6.75. The van der Waals surface area contributed by atoms with Crippen LogP contribution in [-0.4, -0.2) is 13.2 Å². The van der Waals surface area contributed by atoms with Gasteiger partial charge in [-0.1, -0.05) is 0 Å². The van der Waals surface area contributed by atoms with Crippen LogP contribution in [0.25, 0.3) is 0 Å². The largest absolute Gasteiger partial charge is 0.381 e. The predicted octanol–water partition coefficient (Wildman–Crippen LogP) is 3.40. The summed E-state index contributed by atoms with van der Waals surface area (Å²) in [6.07, 6.45) is 2.49. The van der Waals surface area contributed by atoms with Gasteiger partial charge in [0, 0.05) is 12.5 Å². The van der Waals surface area contributed by atoms with Crippen molar-refractivity contribution in [2.24, 2.45) is 0 Å². The number of halogens is 1. The first-order valence-corrected chi connectivity index (χ1v) is 5.85. The molecule has 0 N–H and O–H groups in total. The summed E-state index contributed by atoms with van der Waals surface area (Å²) in [5.41, 5.74) is 1.44. The molecule has 1 nitrogen and oxygen atoms in total. The van der Waals surface area contributed by atoms with Crippen molar-refractivity contribution in [1.29, 1.82) is 0 Å². The minimum Gasteiger partial charge on any atom is -0.381 e. The van der Waals surface area contributed by atoms with Crippen LogP contribution in [-0.2, 0) is 4.74 Å². The molecule has 1 aromatic rings. The summed E-state index contributed by atoms with van der Waals surface area (Å²) in [7, 11) is 0. The highest BCUT2D eigenvalue weighted by molar-refractivity contribution is 9.11. The normalized spacial score (nSPS) is 24.2. The molecule has 1 saturated heterocycles. The zero-order valence-corrected chi connectivity index (χ0v) is 9.16. The van der Waals surface area contributed by atoms with Gasteiger partial charge in [0.1, 0.15) is 0 Å². The molecule has 0 bridgehead atoms. The monoisotopic (exact) mass is 246 g/mol. The summed E-state index contributed by atoms with van der Waals surface area (Å²) in [5.74, 6) is 0.640. The van der Waals surface area contributed by atoms with Crippen LogP contribution >= 0.6 is 27.3 Å². The lowest BCUT2D eigenvalue weighted by Crippen LogP contribution is -2.14. The van der Waals surface area contributed by atoms with Gasteiger partial charge in [-0.3, -0.25) is 0 Å². The maximum Gasteiger partial charge on any atom is 0.0701 e. The zero-order chi connectivity index (χ0) is 8.39. The highest BCUT2D eigenvalue weighted by atomic mass is 79.9. The number of hydrogen-bond acceptors (Lipinski definition) is 2. The first kappa shape index (κ1) is 8.73. The number of hydrogen-bond donors (Lipinski definition) is 0. The third kappa shape index (κ3) is 1.90. The van der Waals surface area contributed by atoms with Crippen LogP contribution < -0.4 is 0 Å². The van der Waals surface area contributed by atoms with Crippen molar-refractivity contribution in [2.45, 2.75) is 18.8 Å². The van der Waals surface area contributed by atoms with E-state index < -0.39 is 0 Å². The Bertz CT molecular complexity index is 253. The molecule has 0 spiro atoms. The Morgan fingerprint density at radius 1 is 1.58 bits per heavy atom. The third-order valence-corrected chi connectivity index (χ3v) is 3.74. The first-order chi connectivity index (χ1) is 5.86. The molecule has 0 aromatic carbocycles. The SMILES string of the molecule is Brc1cc(C2CCCOC2)cs1. The minimum absolute atomic E-state index is 0.640. The lowest BCUT2D eigenvalue weighted by molar-refractivity contribution is 0.0805. The Kier molecular flexibility index (Phi) is 2.84. The summed E-state index contributed by atoms with van der Waals surface area (Å²) in [4.78, 5) is 0. The van der Waals surface area contributed by atoms with Gasteiger partial charge in [-0.15, -0.1) is 11.3 Å². The number of thiophene rings is 1. The summed E-state index contributed by atoms with van der Waals surface area (Å²) in [5, 5.41) is 2.23. The van der Waals surface area contributed by atoms with E-state index in [2.05, 4.69) is 27.4 Å². The Labute approximate surface area is 84.9 Å². The van der Waals surface area contributed by atoms with E-state index in [1.165, 1.54) is 22.2 Å². The number of ether oxygens (including phenoxy) is 1. The Hall–Kier alpha value is 0.140. The summed E-state index contributed by atoms with van der Waals surface area (Å²) >= 11 is 5.24. The molecule has 0 radical (unpaired) electrons. The summed E-state index contributed by atoms with van der Waals surface area (Å²) < 4.78 is 6.66. The molecule has 1 aromatic heterocycles. The maximum absolute atomic E-state index is 5.44. The van der Waals surface area contributed by atoms with Crippen LogP contribution in [0.5, 0.6) is 0 Å². The van der Waals surface area contributed by atoms with E-state index in [0.717, 1.165) is 13.2 Å². The molecule has 1 fully saturated rings. The van der Waals surface area contributed by atoms with Gasteiger partial charge in [-0.25, -0.2) is 0 Å². The van der Waals surface area contributed by atoms with Crippen molar-refractivity contribution in [3.63, 3.8) is 0 Å². The quantitative estimate of drug-likeness (QED) is 0.739. The van der Waals surface area contributed by atoms with Gasteiger partial charge in [0.25, 0.3) is 0 Å². The van der Waals surface area contributed by atoms with Crippen LogP contribution in [0.1, 0.15) is 24.3 Å². The van der Waals surface area contributed by atoms with Crippen molar-refractivity contribution in [2.75, 3.05) is 13.2 Å². The minimum atomic E-state index is 0.640. The second-order valence-corrected chi connectivity index (χ2v) is 5.39. The van der Waals surface area contributed by atoms with E-state index in [1.807, 2.05) is 0 Å². The van der Waals surface area contributed by atoms with E-state index in [0.29, 0.717) is 5.92 Å². The van der Waals surface area contributed by atoms with Crippen LogP contribution in [0.3, 0.4) is 0 Å². The van der Waals surface area contributed by atoms with Gasteiger partial charge in [0.15, 0.2) is 0 Å². The molecular weight excluding hydrogens is 236 g/mol. The fourth-order valence-electron chi connectivity index (χ4n) is 1.54. The fraction of sp³-hybridized carbons (Fsp3) is 0.556. The predicted molar refractivity (Wildman–Crippen MR) is 54.8 cm³/mol. The van der Waals surface area contributed by atoms with E-state index in [-0.39, 0.29) is 0 Å². The van der Waals surface area contributed by atoms with Crippen molar-refractivity contribution < 1.29 is 4.74 Å². The highest BCUT2D eigenvalue weighted by Gasteiger charge is 2.16. The van der Waals surface area contributed by atoms with Crippen LogP contribution in [0.2, 0.25) is 0 Å². The maximum atomic E-state index is 5.44. The number of rotatable bonds is 1. The molecular formula is C9H11BrOS. The topological polar surface area (TPSA) is 9.23 Å². The van der Waals surface area contributed by atoms with Crippen LogP contribution in [0.15, 0.2) is 15.2 Å². The Morgan fingerprint density at radius 2 is 2.50 bits per heavy atom. The van der Waals surface area contributed by atoms with Crippen molar-refractivity contribution in [3.05, 3.63) is 20.8 Å². The molecule has 0 aliphatic carbocycles. The fourth-order valence-corrected chi connectivity index (χ4v) is 2.80. The molecule has 12 heavy (non-hydrogen) atoms. The first-order valence-electron chi connectivity index (χ1n) is 4.18. The molecule has 0 amide bonds. The van der Waals surface area contributed by atoms with E-state index in [1.54, 1.807) is 11.3 Å². The van der Waals surface area contributed by atoms with Crippen molar-refractivity contribution in [1.82, 2.24) is 0 Å². The van der Waals surface area contributed by atoms with E-state index in [9.17, 15) is 0 Å². The van der Waals surface area contributed by atoms with Gasteiger partial charge in [0.05, 0.1) is 10.4 Å². The molecule has 1 aliphatic rings. The third-order valence-electron chi connectivity index (χ3n) is 2.22. The average Bonchev–Trinajstić information content (AvgIpc) is 2.54. The molecule has 66 valence electrons. The van der Waals surface area contributed by atoms with E-state index in [4.69, 9.17) is 4.74 Å². The Morgan fingerprint density at radius 3 is 3.08 bits per heavy atom. The summed E-state index contributed by atoms with van der Waals surface area (Å²) in [6.45, 7) is 1.85. The lowest BCUT2D eigenvalue weighted by atomic mass is 9.96. The molecule has 0 saturated carbocycles. The van der Waals surface area contributed by atoms with Crippen molar-refractivity contribution >= 4 is 27.3 Å². The summed E-state index contributed by atoms with van der Waals surface area (Å²) in [6, 6.07) is 2.21. The second-order valence-electron chi connectivity index (χ2n) is 3.10. The molecule has 2 heterocycles. The standard InChI is InChI=1S/C9H11BrOS/c10-9-4-8(6-12-9)7-2-1-3-11-5-7/h4,6-7H,1-3,5H2. The van der Waals surface area contributed by atoms with E-state index >= 15 is 0 Å². The second kappa shape index (κ2) is 3.90. The van der Waals surface area contributed by atoms with Gasteiger partial charge in [-0.05, 0) is 45.8 Å². The van der Waals surface area contributed by atoms with Gasteiger partial charge in [0.2, 0.25) is 0 Å². The molecule has 2 rings (SSSR count). The average molecular weight is 247 g/mol. The smallest absolute Gasteiger partial charge is 0.0701 e. The Balaban J connectivity index is 2.08. The van der Waals surface area contributed by atoms with Gasteiger partial charge < -0.3 is 4.74 Å². The molecule has 1 unspecified atom stereocenters.